The molecule has 0 bridgehead atoms. The quantitative estimate of drug-likeness (QED) is 0.165. The van der Waals surface area contributed by atoms with E-state index >= 15 is 0 Å². The molecule has 4 aliphatic rings. The van der Waals surface area contributed by atoms with Gasteiger partial charge in [0.25, 0.3) is 6.71 Å². The summed E-state index contributed by atoms with van der Waals surface area (Å²) in [4.78, 5) is 12.8. The average Bonchev–Trinajstić information content (AvgIpc) is 3.48. The van der Waals surface area contributed by atoms with Crippen LogP contribution in [0, 0.1) is 0 Å². The van der Waals surface area contributed by atoms with Crippen LogP contribution in [0.5, 0.6) is 0 Å². The van der Waals surface area contributed by atoms with Crippen molar-refractivity contribution in [1.29, 1.82) is 0 Å². The molecule has 4 heterocycles. The van der Waals surface area contributed by atoms with Gasteiger partial charge in [-0.2, -0.15) is 0 Å². The number of benzene rings is 6. The molecule has 0 amide bonds. The van der Waals surface area contributed by atoms with Crippen LogP contribution in [-0.2, 0) is 16.2 Å². The second-order valence-corrected chi connectivity index (χ2v) is 20.8. The average molecular weight is 809 g/mol. The van der Waals surface area contributed by atoms with Crippen LogP contribution in [0.1, 0.15) is 97.8 Å². The smallest absolute Gasteiger partial charge is 0.252 e. The summed E-state index contributed by atoms with van der Waals surface area (Å²) < 4.78 is 0. The molecule has 1 saturated carbocycles. The van der Waals surface area contributed by atoms with E-state index in [-0.39, 0.29) is 28.5 Å². The first kappa shape index (κ1) is 38.8. The van der Waals surface area contributed by atoms with Crippen LogP contribution in [-0.4, -0.2) is 17.2 Å². The lowest BCUT2D eigenvalue weighted by molar-refractivity contribution is 0.195. The normalized spacial score (nSPS) is 20.0. The highest BCUT2D eigenvalue weighted by atomic mass is 15.3. The van der Waals surface area contributed by atoms with Crippen molar-refractivity contribution in [2.24, 2.45) is 0 Å². The number of rotatable bonds is 4. The van der Waals surface area contributed by atoms with Gasteiger partial charge in [-0.15, -0.1) is 0 Å². The van der Waals surface area contributed by atoms with E-state index in [1.54, 1.807) is 0 Å². The van der Waals surface area contributed by atoms with Crippen molar-refractivity contribution in [3.8, 4) is 11.3 Å². The summed E-state index contributed by atoms with van der Waals surface area (Å²) in [5.74, 6) is 0. The van der Waals surface area contributed by atoms with Crippen molar-refractivity contribution >= 4 is 68.6 Å². The van der Waals surface area contributed by atoms with E-state index < -0.39 is 0 Å². The minimum Gasteiger partial charge on any atom is -0.334 e. The molecule has 7 aromatic rings. The Morgan fingerprint density at radius 1 is 0.516 bits per heavy atom. The number of pyridine rings is 1. The van der Waals surface area contributed by atoms with Gasteiger partial charge in [-0.25, -0.2) is 0 Å². The molecule has 2 atom stereocenters. The molecule has 0 radical (unpaired) electrons. The molecule has 6 aromatic carbocycles. The molecule has 2 unspecified atom stereocenters. The number of hydrogen-bond acceptors (Lipinski definition) is 4. The van der Waals surface area contributed by atoms with Crippen molar-refractivity contribution in [2.45, 2.75) is 103 Å². The van der Waals surface area contributed by atoms with Crippen LogP contribution in [0.15, 0.2) is 152 Å². The van der Waals surface area contributed by atoms with E-state index in [1.165, 1.54) is 97.0 Å². The standard InChI is InChI=1S/C57H57BN4/c1-54(2,3)39-19-18-22-42(34-39)61-50-35-40(55(4,5)6)27-28-46(50)58-45-23-12-13-25-49(45)60(41-20-10-9-11-21-41)51-36-43(37-52(61)53(51)58)62-48-29-26-38(47-24-14-17-32-59-47)33-44(48)56(7)30-15-16-31-57(56,62)8/h9-14,17-29,32-37H,15-16,30-31H2,1-8H3. The summed E-state index contributed by atoms with van der Waals surface area (Å²) in [5, 5.41) is 0. The van der Waals surface area contributed by atoms with Gasteiger partial charge in [-0.3, -0.25) is 4.98 Å². The molecule has 0 N–H and O–H groups in total. The fourth-order valence-electron chi connectivity index (χ4n) is 11.6. The fraction of sp³-hybridized carbons (Fsp3) is 0.281. The van der Waals surface area contributed by atoms with Gasteiger partial charge in [0.05, 0.1) is 11.2 Å². The number of fused-ring (bicyclic) bond motifs is 7. The second-order valence-electron chi connectivity index (χ2n) is 20.8. The van der Waals surface area contributed by atoms with E-state index in [9.17, 15) is 0 Å². The molecule has 4 nitrogen and oxygen atoms in total. The van der Waals surface area contributed by atoms with E-state index in [1.807, 2.05) is 12.3 Å². The van der Waals surface area contributed by atoms with Crippen molar-refractivity contribution in [2.75, 3.05) is 14.7 Å². The zero-order valence-electron chi connectivity index (χ0n) is 37.6. The zero-order valence-corrected chi connectivity index (χ0v) is 37.6. The van der Waals surface area contributed by atoms with Crippen molar-refractivity contribution in [3.05, 3.63) is 168 Å². The largest absolute Gasteiger partial charge is 0.334 e. The maximum atomic E-state index is 4.81. The molecule has 1 aliphatic carbocycles. The third-order valence-corrected chi connectivity index (χ3v) is 15.1. The Hall–Kier alpha value is -6.07. The maximum absolute atomic E-state index is 4.81. The summed E-state index contributed by atoms with van der Waals surface area (Å²) in [6, 6.07) is 55.4. The molecule has 11 rings (SSSR count). The van der Waals surface area contributed by atoms with Gasteiger partial charge >= 0.3 is 0 Å². The lowest BCUT2D eigenvalue weighted by Gasteiger charge is -2.51. The number of nitrogens with zero attached hydrogens (tertiary/aromatic N) is 4. The SMILES string of the molecule is CC(C)(C)c1cccc(N2c3cc(C(C)(C)C)ccc3B3c4ccccc4N(c4ccccc4)c4cc(N5c6ccc(-c7ccccn7)cc6C6(C)CCCCC56C)cc2c43)c1. The Kier molecular flexibility index (Phi) is 8.59. The number of hydrogen-bond donors (Lipinski definition) is 0. The fourth-order valence-corrected chi connectivity index (χ4v) is 11.6. The van der Waals surface area contributed by atoms with Gasteiger partial charge in [0.1, 0.15) is 0 Å². The monoisotopic (exact) mass is 808 g/mol. The first-order valence-corrected chi connectivity index (χ1v) is 22.8. The van der Waals surface area contributed by atoms with Crippen LogP contribution in [0.4, 0.5) is 45.5 Å². The lowest BCUT2D eigenvalue weighted by atomic mass is 9.33. The number of anilines is 8. The van der Waals surface area contributed by atoms with E-state index in [0.29, 0.717) is 0 Å². The summed E-state index contributed by atoms with van der Waals surface area (Å²) in [6.45, 7) is 19.2. The van der Waals surface area contributed by atoms with Gasteiger partial charge in [0, 0.05) is 62.7 Å². The van der Waals surface area contributed by atoms with Crippen molar-refractivity contribution < 1.29 is 0 Å². The van der Waals surface area contributed by atoms with Crippen LogP contribution >= 0.6 is 0 Å². The van der Waals surface area contributed by atoms with Gasteiger partial charge in [-0.05, 0) is 136 Å². The summed E-state index contributed by atoms with van der Waals surface area (Å²) >= 11 is 0. The molecule has 1 fully saturated rings. The zero-order chi connectivity index (χ0) is 42.8. The lowest BCUT2D eigenvalue weighted by Crippen LogP contribution is -2.61. The first-order valence-electron chi connectivity index (χ1n) is 22.8. The van der Waals surface area contributed by atoms with E-state index in [2.05, 4.69) is 210 Å². The highest BCUT2D eigenvalue weighted by molar-refractivity contribution is 7.00. The first-order chi connectivity index (χ1) is 29.8. The van der Waals surface area contributed by atoms with E-state index in [0.717, 1.165) is 18.5 Å². The molecule has 0 spiro atoms. The Balaban J connectivity index is 1.24. The number of aromatic nitrogens is 1. The van der Waals surface area contributed by atoms with Crippen LogP contribution in [0.3, 0.4) is 0 Å². The van der Waals surface area contributed by atoms with Crippen LogP contribution < -0.4 is 31.1 Å². The minimum absolute atomic E-state index is 0.0117. The predicted molar refractivity (Wildman–Crippen MR) is 264 cm³/mol. The molecular weight excluding hydrogens is 751 g/mol. The third-order valence-electron chi connectivity index (χ3n) is 15.1. The van der Waals surface area contributed by atoms with Crippen molar-refractivity contribution in [1.82, 2.24) is 4.98 Å². The summed E-state index contributed by atoms with van der Waals surface area (Å²) in [7, 11) is 0. The Labute approximate surface area is 369 Å². The molecule has 62 heavy (non-hydrogen) atoms. The van der Waals surface area contributed by atoms with Crippen LogP contribution in [0.2, 0.25) is 0 Å². The highest BCUT2D eigenvalue weighted by Crippen LogP contribution is 2.62. The summed E-state index contributed by atoms with van der Waals surface area (Å²) in [6.07, 6.45) is 6.62. The number of para-hydroxylation sites is 2. The molecule has 308 valence electrons. The van der Waals surface area contributed by atoms with Crippen molar-refractivity contribution in [3.63, 3.8) is 0 Å². The second kappa shape index (κ2) is 13.7. The Morgan fingerprint density at radius 2 is 1.18 bits per heavy atom. The van der Waals surface area contributed by atoms with Gasteiger partial charge in [0.2, 0.25) is 0 Å². The van der Waals surface area contributed by atoms with Gasteiger partial charge < -0.3 is 14.7 Å². The Morgan fingerprint density at radius 3 is 1.92 bits per heavy atom. The van der Waals surface area contributed by atoms with Crippen LogP contribution in [0.25, 0.3) is 11.3 Å². The highest BCUT2D eigenvalue weighted by Gasteiger charge is 2.58. The van der Waals surface area contributed by atoms with E-state index in [4.69, 9.17) is 4.98 Å². The molecule has 5 heteroatoms. The van der Waals surface area contributed by atoms with Gasteiger partial charge in [-0.1, -0.05) is 134 Å². The maximum Gasteiger partial charge on any atom is 0.252 e. The molecule has 1 aromatic heterocycles. The van der Waals surface area contributed by atoms with Gasteiger partial charge in [0.15, 0.2) is 0 Å². The molecular formula is C57H57BN4. The topological polar surface area (TPSA) is 22.6 Å². The summed E-state index contributed by atoms with van der Waals surface area (Å²) in [5.41, 5.74) is 20.0. The molecule has 0 saturated heterocycles. The minimum atomic E-state index is -0.149. The Bertz CT molecular complexity index is 2890. The third kappa shape index (κ3) is 5.69. The molecule has 3 aliphatic heterocycles. The predicted octanol–water partition coefficient (Wildman–Crippen LogP) is 13.2.